The van der Waals surface area contributed by atoms with E-state index in [1.165, 1.54) is 11.1 Å². The fraction of sp³-hybridized carbons (Fsp3) is 0.125. The summed E-state index contributed by atoms with van der Waals surface area (Å²) in [4.78, 5) is 0. The molecule has 0 aromatic heterocycles. The Bertz CT molecular complexity index is 483. The molecule has 0 heterocycles. The van der Waals surface area contributed by atoms with Crippen LogP contribution in [0.4, 0.5) is 5.69 Å². The largest absolute Gasteiger partial charge is 0.381 e. The number of nitrogens with one attached hydrogen (secondary N) is 1. The Labute approximate surface area is 103 Å². The highest BCUT2D eigenvalue weighted by atomic mass is 14.9. The number of anilines is 1. The van der Waals surface area contributed by atoms with Crippen LogP contribution in [0.2, 0.25) is 0 Å². The van der Waals surface area contributed by atoms with Crippen LogP contribution in [0.1, 0.15) is 6.92 Å². The van der Waals surface area contributed by atoms with Crippen molar-refractivity contribution in [2.75, 3.05) is 11.9 Å². The van der Waals surface area contributed by atoms with Crippen molar-refractivity contribution in [2.24, 2.45) is 0 Å². The molecule has 0 radical (unpaired) electrons. The molecular formula is C16H17N. The Kier molecular flexibility index (Phi) is 3.61. The molecule has 1 heteroatoms. The van der Waals surface area contributed by atoms with Crippen molar-refractivity contribution in [3.8, 4) is 11.1 Å². The van der Waals surface area contributed by atoms with Gasteiger partial charge in [-0.05, 0) is 30.2 Å². The lowest BCUT2D eigenvalue weighted by atomic mass is 10.1. The molecule has 2 aromatic carbocycles. The molecule has 0 saturated heterocycles. The molecule has 0 atom stereocenters. The van der Waals surface area contributed by atoms with Gasteiger partial charge in [0.2, 0.25) is 0 Å². The van der Waals surface area contributed by atoms with Crippen molar-refractivity contribution in [2.45, 2.75) is 6.92 Å². The van der Waals surface area contributed by atoms with Gasteiger partial charge in [-0.15, -0.1) is 0 Å². The van der Waals surface area contributed by atoms with Crippen LogP contribution in [0, 0.1) is 0 Å². The first-order valence-corrected chi connectivity index (χ1v) is 5.79. The van der Waals surface area contributed by atoms with Crippen LogP contribution in [0.15, 0.2) is 66.7 Å². The van der Waals surface area contributed by atoms with Gasteiger partial charge in [0, 0.05) is 12.2 Å². The highest BCUT2D eigenvalue weighted by Gasteiger charge is 1.96. The number of benzene rings is 2. The quantitative estimate of drug-likeness (QED) is 0.760. The lowest BCUT2D eigenvalue weighted by molar-refractivity contribution is 1.22. The van der Waals surface area contributed by atoms with E-state index in [4.69, 9.17) is 0 Å². The van der Waals surface area contributed by atoms with Crippen molar-refractivity contribution in [3.63, 3.8) is 0 Å². The second-order valence-corrected chi connectivity index (χ2v) is 4.25. The minimum atomic E-state index is 0.824. The predicted octanol–water partition coefficient (Wildman–Crippen LogP) is 4.34. The topological polar surface area (TPSA) is 12.0 Å². The lowest BCUT2D eigenvalue weighted by Crippen LogP contribution is -2.01. The average molecular weight is 223 g/mol. The minimum absolute atomic E-state index is 0.824. The fourth-order valence-electron chi connectivity index (χ4n) is 1.66. The van der Waals surface area contributed by atoms with Crippen LogP contribution in [-0.4, -0.2) is 6.54 Å². The maximum absolute atomic E-state index is 3.87. The first kappa shape index (κ1) is 11.5. The van der Waals surface area contributed by atoms with E-state index in [2.05, 4.69) is 60.4 Å². The standard InChI is InChI=1S/C16H17N/c1-13(2)12-17-16-10-8-15(9-11-16)14-6-4-3-5-7-14/h3-11,17H,1,12H2,2H3. The Balaban J connectivity index is 2.11. The van der Waals surface area contributed by atoms with Gasteiger partial charge in [0.05, 0.1) is 0 Å². The predicted molar refractivity (Wildman–Crippen MR) is 75.2 cm³/mol. The third-order valence-electron chi connectivity index (χ3n) is 2.59. The van der Waals surface area contributed by atoms with E-state index in [9.17, 15) is 0 Å². The molecule has 1 nitrogen and oxygen atoms in total. The molecule has 0 saturated carbocycles. The molecule has 0 spiro atoms. The Hall–Kier alpha value is -2.02. The molecule has 0 aliphatic rings. The summed E-state index contributed by atoms with van der Waals surface area (Å²) in [6, 6.07) is 18.9. The Morgan fingerprint density at radius 3 is 2.12 bits per heavy atom. The molecule has 17 heavy (non-hydrogen) atoms. The zero-order chi connectivity index (χ0) is 12.1. The van der Waals surface area contributed by atoms with Gasteiger partial charge in [0.25, 0.3) is 0 Å². The van der Waals surface area contributed by atoms with Gasteiger partial charge in [0.1, 0.15) is 0 Å². The van der Waals surface area contributed by atoms with Crippen molar-refractivity contribution in [1.82, 2.24) is 0 Å². The van der Waals surface area contributed by atoms with Crippen molar-refractivity contribution < 1.29 is 0 Å². The number of hydrogen-bond acceptors (Lipinski definition) is 1. The van der Waals surface area contributed by atoms with Crippen LogP contribution < -0.4 is 5.32 Å². The molecule has 0 aliphatic heterocycles. The third-order valence-corrected chi connectivity index (χ3v) is 2.59. The summed E-state index contributed by atoms with van der Waals surface area (Å²) in [5, 5.41) is 3.32. The first-order chi connectivity index (χ1) is 8.25. The van der Waals surface area contributed by atoms with Crippen LogP contribution in [0.25, 0.3) is 11.1 Å². The van der Waals surface area contributed by atoms with E-state index >= 15 is 0 Å². The van der Waals surface area contributed by atoms with Crippen LogP contribution in [0.5, 0.6) is 0 Å². The lowest BCUT2D eigenvalue weighted by Gasteiger charge is -2.07. The monoisotopic (exact) mass is 223 g/mol. The minimum Gasteiger partial charge on any atom is -0.381 e. The second kappa shape index (κ2) is 5.35. The number of rotatable bonds is 4. The maximum Gasteiger partial charge on any atom is 0.0354 e. The third kappa shape index (κ3) is 3.22. The SMILES string of the molecule is C=C(C)CNc1ccc(-c2ccccc2)cc1. The second-order valence-electron chi connectivity index (χ2n) is 4.25. The summed E-state index contributed by atoms with van der Waals surface area (Å²) in [5.74, 6) is 0. The van der Waals surface area contributed by atoms with Crippen LogP contribution in [-0.2, 0) is 0 Å². The van der Waals surface area contributed by atoms with Gasteiger partial charge < -0.3 is 5.32 Å². The fourth-order valence-corrected chi connectivity index (χ4v) is 1.66. The van der Waals surface area contributed by atoms with Crippen molar-refractivity contribution >= 4 is 5.69 Å². The maximum atomic E-state index is 3.87. The first-order valence-electron chi connectivity index (χ1n) is 5.79. The molecule has 1 N–H and O–H groups in total. The van der Waals surface area contributed by atoms with Gasteiger partial charge in [-0.2, -0.15) is 0 Å². The summed E-state index contributed by atoms with van der Waals surface area (Å²) in [5.41, 5.74) is 4.76. The molecule has 2 rings (SSSR count). The molecule has 0 bridgehead atoms. The summed E-state index contributed by atoms with van der Waals surface area (Å²) >= 11 is 0. The zero-order valence-corrected chi connectivity index (χ0v) is 10.1. The highest BCUT2D eigenvalue weighted by molar-refractivity contribution is 5.65. The summed E-state index contributed by atoms with van der Waals surface area (Å²) in [7, 11) is 0. The Morgan fingerprint density at radius 2 is 1.53 bits per heavy atom. The van der Waals surface area contributed by atoms with Gasteiger partial charge in [-0.1, -0.05) is 54.6 Å². The van der Waals surface area contributed by atoms with Crippen molar-refractivity contribution in [1.29, 1.82) is 0 Å². The van der Waals surface area contributed by atoms with Crippen LogP contribution in [0.3, 0.4) is 0 Å². The zero-order valence-electron chi connectivity index (χ0n) is 10.1. The molecule has 0 amide bonds. The van der Waals surface area contributed by atoms with E-state index in [0.29, 0.717) is 0 Å². The normalized spacial score (nSPS) is 9.94. The molecular weight excluding hydrogens is 206 g/mol. The van der Waals surface area contributed by atoms with E-state index in [1.54, 1.807) is 0 Å². The van der Waals surface area contributed by atoms with Gasteiger partial charge >= 0.3 is 0 Å². The molecule has 0 aliphatic carbocycles. The van der Waals surface area contributed by atoms with Gasteiger partial charge in [-0.3, -0.25) is 0 Å². The Morgan fingerprint density at radius 1 is 0.941 bits per heavy atom. The van der Waals surface area contributed by atoms with Gasteiger partial charge in [0.15, 0.2) is 0 Å². The molecule has 0 fully saturated rings. The van der Waals surface area contributed by atoms with E-state index in [0.717, 1.165) is 17.8 Å². The average Bonchev–Trinajstić information content (AvgIpc) is 2.38. The van der Waals surface area contributed by atoms with E-state index in [-0.39, 0.29) is 0 Å². The van der Waals surface area contributed by atoms with E-state index < -0.39 is 0 Å². The number of hydrogen-bond donors (Lipinski definition) is 1. The highest BCUT2D eigenvalue weighted by Crippen LogP contribution is 2.20. The summed E-state index contributed by atoms with van der Waals surface area (Å²) in [6.07, 6.45) is 0. The van der Waals surface area contributed by atoms with Crippen LogP contribution >= 0.6 is 0 Å². The smallest absolute Gasteiger partial charge is 0.0354 e. The van der Waals surface area contributed by atoms with E-state index in [1.807, 2.05) is 13.0 Å². The van der Waals surface area contributed by atoms with Crippen molar-refractivity contribution in [3.05, 3.63) is 66.7 Å². The molecule has 2 aromatic rings. The summed E-state index contributed by atoms with van der Waals surface area (Å²) in [6.45, 7) is 6.72. The molecule has 86 valence electrons. The van der Waals surface area contributed by atoms with Gasteiger partial charge in [-0.25, -0.2) is 0 Å². The molecule has 0 unspecified atom stereocenters. The summed E-state index contributed by atoms with van der Waals surface area (Å²) < 4.78 is 0.